The highest BCUT2D eigenvalue weighted by atomic mass is 32.2. The molecule has 0 bridgehead atoms. The van der Waals surface area contributed by atoms with E-state index in [1.165, 1.54) is 12.1 Å². The quantitative estimate of drug-likeness (QED) is 0.684. The lowest BCUT2D eigenvalue weighted by molar-refractivity contribution is 0.388. The lowest BCUT2D eigenvalue weighted by Crippen LogP contribution is -2.25. The third kappa shape index (κ3) is 4.35. The highest BCUT2D eigenvalue weighted by Crippen LogP contribution is 2.43. The summed E-state index contributed by atoms with van der Waals surface area (Å²) in [7, 11) is -4.00. The number of hydrogen-bond donors (Lipinski definition) is 0. The van der Waals surface area contributed by atoms with E-state index in [1.54, 1.807) is 26.4 Å². The first-order valence-electron chi connectivity index (χ1n) is 9.09. The van der Waals surface area contributed by atoms with Crippen molar-refractivity contribution in [2.75, 3.05) is 38.2 Å². The number of anilines is 1. The molecule has 0 saturated carbocycles. The van der Waals surface area contributed by atoms with Crippen molar-refractivity contribution in [1.82, 2.24) is 0 Å². The molecule has 9 heteroatoms. The summed E-state index contributed by atoms with van der Waals surface area (Å²) >= 11 is 0. The summed E-state index contributed by atoms with van der Waals surface area (Å²) < 4.78 is 59.6. The van der Waals surface area contributed by atoms with Crippen molar-refractivity contribution in [3.05, 3.63) is 42.0 Å². The maximum atomic E-state index is 12.5. The van der Waals surface area contributed by atoms with Crippen LogP contribution in [0.1, 0.15) is 24.4 Å². The largest absolute Gasteiger partial charge is 0.497 e. The Hall–Kier alpha value is -2.26. The topological polar surface area (TPSA) is 90.0 Å². The van der Waals surface area contributed by atoms with E-state index in [1.807, 2.05) is 17.0 Å². The summed E-state index contributed by atoms with van der Waals surface area (Å²) in [6, 6.07) is 9.77. The maximum absolute atomic E-state index is 12.5. The van der Waals surface area contributed by atoms with Crippen LogP contribution in [0.15, 0.2) is 46.2 Å². The van der Waals surface area contributed by atoms with Gasteiger partial charge < -0.3 is 14.4 Å². The van der Waals surface area contributed by atoms with E-state index < -0.39 is 19.7 Å². The molecule has 1 aliphatic heterocycles. The molecule has 1 unspecified atom stereocenters. The van der Waals surface area contributed by atoms with Gasteiger partial charge in [0.1, 0.15) is 11.5 Å². The molecule has 7 nitrogen and oxygen atoms in total. The van der Waals surface area contributed by atoms with Gasteiger partial charge in [0.25, 0.3) is 0 Å². The van der Waals surface area contributed by atoms with Gasteiger partial charge >= 0.3 is 0 Å². The number of benzene rings is 2. The molecule has 158 valence electrons. The Balaban J connectivity index is 2.13. The van der Waals surface area contributed by atoms with Crippen molar-refractivity contribution in [3.63, 3.8) is 0 Å². The van der Waals surface area contributed by atoms with E-state index in [4.69, 9.17) is 9.47 Å². The SMILES string of the molecule is COc1ccc(C2CCCN2c2ccc(S(C)(=O)=O)cc2S(C)(=O)=O)c(OC)c1. The molecule has 0 aromatic heterocycles. The third-order valence-corrected chi connectivity index (χ3v) is 7.36. The molecule has 1 atom stereocenters. The Morgan fingerprint density at radius 2 is 1.66 bits per heavy atom. The predicted octanol–water partition coefficient (Wildman–Crippen LogP) is 2.85. The van der Waals surface area contributed by atoms with Crippen molar-refractivity contribution in [1.29, 1.82) is 0 Å². The molecular formula is C20H25NO6S2. The molecule has 1 saturated heterocycles. The smallest absolute Gasteiger partial charge is 0.177 e. The second kappa shape index (κ2) is 7.87. The van der Waals surface area contributed by atoms with Gasteiger partial charge in [0.05, 0.1) is 35.7 Å². The molecule has 0 amide bonds. The fraction of sp³-hybridized carbons (Fsp3) is 0.400. The molecule has 29 heavy (non-hydrogen) atoms. The van der Waals surface area contributed by atoms with Gasteiger partial charge in [0.15, 0.2) is 19.7 Å². The van der Waals surface area contributed by atoms with E-state index in [-0.39, 0.29) is 15.8 Å². The van der Waals surface area contributed by atoms with Gasteiger partial charge in [-0.15, -0.1) is 0 Å². The Bertz CT molecular complexity index is 1130. The summed E-state index contributed by atoms with van der Waals surface area (Å²) in [5, 5.41) is 0. The van der Waals surface area contributed by atoms with Crippen LogP contribution < -0.4 is 14.4 Å². The van der Waals surface area contributed by atoms with Crippen LogP contribution in [0.2, 0.25) is 0 Å². The third-order valence-electron chi connectivity index (χ3n) is 5.12. The molecule has 3 rings (SSSR count). The van der Waals surface area contributed by atoms with Gasteiger partial charge in [-0.1, -0.05) is 0 Å². The fourth-order valence-electron chi connectivity index (χ4n) is 3.73. The molecule has 1 aliphatic rings. The van der Waals surface area contributed by atoms with E-state index >= 15 is 0 Å². The monoisotopic (exact) mass is 439 g/mol. The van der Waals surface area contributed by atoms with Gasteiger partial charge in [0.2, 0.25) is 0 Å². The van der Waals surface area contributed by atoms with E-state index in [2.05, 4.69) is 0 Å². The van der Waals surface area contributed by atoms with Crippen LogP contribution in [-0.4, -0.2) is 50.1 Å². The van der Waals surface area contributed by atoms with Crippen LogP contribution in [-0.2, 0) is 19.7 Å². The zero-order valence-electron chi connectivity index (χ0n) is 16.9. The van der Waals surface area contributed by atoms with Gasteiger partial charge in [-0.3, -0.25) is 0 Å². The fourth-order valence-corrected chi connectivity index (χ4v) is 5.36. The molecule has 0 aliphatic carbocycles. The van der Waals surface area contributed by atoms with Crippen molar-refractivity contribution in [2.45, 2.75) is 28.7 Å². The maximum Gasteiger partial charge on any atom is 0.177 e. The first-order valence-corrected chi connectivity index (χ1v) is 12.9. The Morgan fingerprint density at radius 3 is 2.24 bits per heavy atom. The van der Waals surface area contributed by atoms with Crippen LogP contribution in [0.25, 0.3) is 0 Å². The van der Waals surface area contributed by atoms with Crippen LogP contribution in [0.3, 0.4) is 0 Å². The minimum Gasteiger partial charge on any atom is -0.497 e. The Kier molecular flexibility index (Phi) is 5.82. The Labute approximate surface area is 172 Å². The van der Waals surface area contributed by atoms with Crippen LogP contribution in [0.4, 0.5) is 5.69 Å². The number of methoxy groups -OCH3 is 2. The second-order valence-corrected chi connectivity index (χ2v) is 11.1. The molecule has 2 aromatic rings. The molecule has 0 radical (unpaired) electrons. The number of sulfone groups is 2. The molecule has 1 heterocycles. The second-order valence-electron chi connectivity index (χ2n) is 7.13. The number of ether oxygens (including phenoxy) is 2. The van der Waals surface area contributed by atoms with Crippen molar-refractivity contribution in [2.24, 2.45) is 0 Å². The zero-order valence-corrected chi connectivity index (χ0v) is 18.5. The first kappa shape index (κ1) is 21.4. The molecule has 2 aromatic carbocycles. The van der Waals surface area contributed by atoms with Crippen molar-refractivity contribution >= 4 is 25.4 Å². The van der Waals surface area contributed by atoms with E-state index in [9.17, 15) is 16.8 Å². The van der Waals surface area contributed by atoms with Gasteiger partial charge in [0, 0.05) is 30.7 Å². The first-order chi connectivity index (χ1) is 13.6. The predicted molar refractivity (Wildman–Crippen MR) is 112 cm³/mol. The molecular weight excluding hydrogens is 414 g/mol. The Morgan fingerprint density at radius 1 is 0.931 bits per heavy atom. The number of rotatable bonds is 6. The highest BCUT2D eigenvalue weighted by molar-refractivity contribution is 7.91. The molecule has 1 fully saturated rings. The van der Waals surface area contributed by atoms with Gasteiger partial charge in [-0.05, 0) is 43.2 Å². The van der Waals surface area contributed by atoms with Crippen molar-refractivity contribution < 1.29 is 26.3 Å². The minimum absolute atomic E-state index is 0.0137. The van der Waals surface area contributed by atoms with Crippen molar-refractivity contribution in [3.8, 4) is 11.5 Å². The van der Waals surface area contributed by atoms with E-state index in [0.717, 1.165) is 30.9 Å². The van der Waals surface area contributed by atoms with E-state index in [0.29, 0.717) is 23.7 Å². The summed E-state index contributed by atoms with van der Waals surface area (Å²) in [5.41, 5.74) is 1.43. The summed E-state index contributed by atoms with van der Waals surface area (Å²) in [6.45, 7) is 0.653. The van der Waals surface area contributed by atoms with Crippen LogP contribution in [0.5, 0.6) is 11.5 Å². The standard InChI is InChI=1S/C20H25NO6S2/c1-26-14-7-9-16(19(12-14)27-2)17-6-5-11-21(17)18-10-8-15(28(3,22)23)13-20(18)29(4,24)25/h7-10,12-13,17H,5-6,11H2,1-4H3. The highest BCUT2D eigenvalue weighted by Gasteiger charge is 2.32. The number of nitrogens with zero attached hydrogens (tertiary/aromatic N) is 1. The lowest BCUT2D eigenvalue weighted by atomic mass is 10.0. The summed E-state index contributed by atoms with van der Waals surface area (Å²) in [4.78, 5) is 2.01. The van der Waals surface area contributed by atoms with Gasteiger partial charge in [-0.25, -0.2) is 16.8 Å². The molecule has 0 spiro atoms. The van der Waals surface area contributed by atoms with Crippen LogP contribution >= 0.6 is 0 Å². The van der Waals surface area contributed by atoms with Gasteiger partial charge in [-0.2, -0.15) is 0 Å². The average molecular weight is 440 g/mol. The summed E-state index contributed by atoms with van der Waals surface area (Å²) in [5.74, 6) is 1.33. The average Bonchev–Trinajstić information content (AvgIpc) is 3.14. The summed E-state index contributed by atoms with van der Waals surface area (Å²) in [6.07, 6.45) is 3.85. The minimum atomic E-state index is -3.64. The van der Waals surface area contributed by atoms with Crippen LogP contribution in [0, 0.1) is 0 Å². The number of hydrogen-bond acceptors (Lipinski definition) is 7. The normalized spacial score (nSPS) is 17.4. The molecule has 0 N–H and O–H groups in total. The lowest BCUT2D eigenvalue weighted by Gasteiger charge is -2.30. The zero-order chi connectivity index (χ0) is 21.4.